The fraction of sp³-hybridized carbons (Fsp3) is 0.875. The summed E-state index contributed by atoms with van der Waals surface area (Å²) in [6, 6.07) is 0. The summed E-state index contributed by atoms with van der Waals surface area (Å²) < 4.78 is 0. The van der Waals surface area contributed by atoms with Crippen LogP contribution in [0.2, 0.25) is 0 Å². The zero-order chi connectivity index (χ0) is 10.1. The maximum Gasteiger partial charge on any atom is 0.136 e. The second-order valence-corrected chi connectivity index (χ2v) is 5.67. The molecule has 0 aromatic heterocycles. The van der Waals surface area contributed by atoms with Crippen LogP contribution in [0, 0.1) is 5.92 Å². The van der Waals surface area contributed by atoms with E-state index in [4.69, 9.17) is 5.84 Å². The van der Waals surface area contributed by atoms with E-state index >= 15 is 0 Å². The van der Waals surface area contributed by atoms with Crippen molar-refractivity contribution in [2.45, 2.75) is 20.3 Å². The minimum atomic E-state index is 0.177. The average Bonchev–Trinajstić information content (AvgIpc) is 2.10. The molecule has 0 saturated heterocycles. The Morgan fingerprint density at radius 2 is 2.00 bits per heavy atom. The molecule has 3 N–H and O–H groups in total. The number of nitrogens with one attached hydrogen (secondary N) is 1. The first-order valence-corrected chi connectivity index (χ1v) is 6.88. The normalized spacial score (nSPS) is 10.8. The van der Waals surface area contributed by atoms with E-state index in [1.54, 1.807) is 21.6 Å². The van der Waals surface area contributed by atoms with E-state index in [0.717, 1.165) is 18.1 Å². The predicted octanol–water partition coefficient (Wildman–Crippen LogP) is 1.45. The molecule has 0 aliphatic carbocycles. The molecule has 0 radical (unpaired) electrons. The van der Waals surface area contributed by atoms with E-state index in [1.807, 2.05) is 13.8 Å². The van der Waals surface area contributed by atoms with Crippen LogP contribution in [0.1, 0.15) is 20.3 Å². The van der Waals surface area contributed by atoms with Gasteiger partial charge in [-0.3, -0.25) is 16.1 Å². The maximum absolute atomic E-state index is 11.2. The minimum Gasteiger partial charge on any atom is -0.299 e. The summed E-state index contributed by atoms with van der Waals surface area (Å²) in [5, 5.41) is 0. The van der Waals surface area contributed by atoms with Crippen molar-refractivity contribution in [1.82, 2.24) is 5.43 Å². The zero-order valence-corrected chi connectivity index (χ0v) is 9.84. The zero-order valence-electron chi connectivity index (χ0n) is 8.21. The van der Waals surface area contributed by atoms with Crippen LogP contribution in [0.5, 0.6) is 0 Å². The van der Waals surface area contributed by atoms with Crippen molar-refractivity contribution in [2.24, 2.45) is 11.8 Å². The molecule has 0 amide bonds. The molecular weight excluding hydrogens is 204 g/mol. The molecule has 13 heavy (non-hydrogen) atoms. The second kappa shape index (κ2) is 8.87. The third kappa shape index (κ3) is 8.62. The molecule has 0 unspecified atom stereocenters. The van der Waals surface area contributed by atoms with Gasteiger partial charge in [-0.05, 0) is 0 Å². The van der Waals surface area contributed by atoms with Crippen molar-refractivity contribution in [3.63, 3.8) is 0 Å². The lowest BCUT2D eigenvalue weighted by molar-refractivity contribution is -0.121. The highest BCUT2D eigenvalue weighted by molar-refractivity contribution is 8.76. The number of carbonyl (C=O) groups is 1. The van der Waals surface area contributed by atoms with Gasteiger partial charge in [0.1, 0.15) is 5.78 Å². The number of rotatable bonds is 8. The second-order valence-electron chi connectivity index (χ2n) is 2.97. The summed E-state index contributed by atoms with van der Waals surface area (Å²) in [7, 11) is 3.49. The first kappa shape index (κ1) is 13.3. The molecule has 0 heterocycles. The van der Waals surface area contributed by atoms with E-state index in [-0.39, 0.29) is 5.92 Å². The fourth-order valence-electron chi connectivity index (χ4n) is 0.649. The molecule has 78 valence electrons. The Balaban J connectivity index is 3.12. The van der Waals surface area contributed by atoms with Gasteiger partial charge in [0.15, 0.2) is 0 Å². The SMILES string of the molecule is CC(C)C(=O)CCSSCCNN. The third-order valence-corrected chi connectivity index (χ3v) is 3.90. The smallest absolute Gasteiger partial charge is 0.136 e. The van der Waals surface area contributed by atoms with Gasteiger partial charge in [0, 0.05) is 30.4 Å². The summed E-state index contributed by atoms with van der Waals surface area (Å²) in [4.78, 5) is 11.2. The van der Waals surface area contributed by atoms with Gasteiger partial charge >= 0.3 is 0 Å². The van der Waals surface area contributed by atoms with Crippen molar-refractivity contribution in [3.8, 4) is 0 Å². The van der Waals surface area contributed by atoms with Crippen LogP contribution in [-0.4, -0.2) is 23.8 Å². The largest absolute Gasteiger partial charge is 0.299 e. The lowest BCUT2D eigenvalue weighted by Crippen LogP contribution is -2.24. The highest BCUT2D eigenvalue weighted by atomic mass is 33.1. The summed E-state index contributed by atoms with van der Waals surface area (Å²) in [6.45, 7) is 4.70. The van der Waals surface area contributed by atoms with Gasteiger partial charge in [-0.2, -0.15) is 0 Å². The van der Waals surface area contributed by atoms with Crippen molar-refractivity contribution in [3.05, 3.63) is 0 Å². The van der Waals surface area contributed by atoms with Gasteiger partial charge in [0.25, 0.3) is 0 Å². The fourth-order valence-corrected chi connectivity index (χ4v) is 2.58. The van der Waals surface area contributed by atoms with Crippen LogP contribution >= 0.6 is 21.6 Å². The van der Waals surface area contributed by atoms with Crippen LogP contribution in [0.15, 0.2) is 0 Å². The van der Waals surface area contributed by atoms with Crippen molar-refractivity contribution < 1.29 is 4.79 Å². The van der Waals surface area contributed by atoms with Crippen LogP contribution in [0.4, 0.5) is 0 Å². The molecular formula is C8H18N2OS2. The monoisotopic (exact) mass is 222 g/mol. The number of hydrogen-bond donors (Lipinski definition) is 2. The molecule has 0 spiro atoms. The molecule has 0 aromatic rings. The Morgan fingerprint density at radius 1 is 1.38 bits per heavy atom. The molecule has 0 aliphatic heterocycles. The third-order valence-electron chi connectivity index (χ3n) is 1.49. The highest BCUT2D eigenvalue weighted by Gasteiger charge is 2.05. The van der Waals surface area contributed by atoms with E-state index in [9.17, 15) is 4.79 Å². The Kier molecular flexibility index (Phi) is 9.07. The lowest BCUT2D eigenvalue weighted by atomic mass is 10.1. The number of carbonyl (C=O) groups excluding carboxylic acids is 1. The summed E-state index contributed by atoms with van der Waals surface area (Å²) >= 11 is 0. The molecule has 0 aromatic carbocycles. The van der Waals surface area contributed by atoms with Gasteiger partial charge in [0.05, 0.1) is 0 Å². The van der Waals surface area contributed by atoms with Crippen LogP contribution in [0.25, 0.3) is 0 Å². The first-order chi connectivity index (χ1) is 6.18. The molecule has 0 fully saturated rings. The quantitative estimate of drug-likeness (QED) is 0.282. The molecule has 0 atom stereocenters. The number of Topliss-reactive ketones (excluding diaryl/α,β-unsaturated/α-hetero) is 1. The van der Waals surface area contributed by atoms with Gasteiger partial charge in [0.2, 0.25) is 0 Å². The maximum atomic E-state index is 11.2. The standard InChI is InChI=1S/C8H18N2OS2/c1-7(2)8(11)3-5-12-13-6-4-10-9/h7,10H,3-6,9H2,1-2H3. The van der Waals surface area contributed by atoms with E-state index in [0.29, 0.717) is 12.2 Å². The van der Waals surface area contributed by atoms with Gasteiger partial charge in [-0.1, -0.05) is 35.4 Å². The lowest BCUT2D eigenvalue weighted by Gasteiger charge is -2.03. The van der Waals surface area contributed by atoms with E-state index < -0.39 is 0 Å². The Morgan fingerprint density at radius 3 is 2.54 bits per heavy atom. The highest BCUT2D eigenvalue weighted by Crippen LogP contribution is 2.21. The molecule has 5 heteroatoms. The van der Waals surface area contributed by atoms with Crippen LogP contribution in [0.3, 0.4) is 0 Å². The predicted molar refractivity (Wildman–Crippen MR) is 61.6 cm³/mol. The van der Waals surface area contributed by atoms with Crippen molar-refractivity contribution in [1.29, 1.82) is 0 Å². The Labute approximate surface area is 88.0 Å². The topological polar surface area (TPSA) is 55.1 Å². The number of nitrogens with two attached hydrogens (primary N) is 1. The number of hydrogen-bond acceptors (Lipinski definition) is 5. The number of ketones is 1. The van der Waals surface area contributed by atoms with Gasteiger partial charge in [-0.15, -0.1) is 0 Å². The van der Waals surface area contributed by atoms with E-state index in [2.05, 4.69) is 5.43 Å². The van der Waals surface area contributed by atoms with Crippen LogP contribution < -0.4 is 11.3 Å². The minimum absolute atomic E-state index is 0.177. The van der Waals surface area contributed by atoms with Gasteiger partial charge < -0.3 is 0 Å². The Hall–Kier alpha value is 0.290. The van der Waals surface area contributed by atoms with E-state index in [1.165, 1.54) is 0 Å². The molecule has 0 bridgehead atoms. The molecule has 0 saturated carbocycles. The van der Waals surface area contributed by atoms with Gasteiger partial charge in [-0.25, -0.2) is 0 Å². The van der Waals surface area contributed by atoms with Crippen molar-refractivity contribution >= 4 is 27.4 Å². The Bertz CT molecular complexity index is 142. The summed E-state index contributed by atoms with van der Waals surface area (Å²) in [6.07, 6.45) is 0.686. The van der Waals surface area contributed by atoms with Crippen LogP contribution in [-0.2, 0) is 4.79 Å². The summed E-state index contributed by atoms with van der Waals surface area (Å²) in [5.41, 5.74) is 2.58. The first-order valence-electron chi connectivity index (χ1n) is 4.39. The number of hydrazine groups is 1. The summed E-state index contributed by atoms with van der Waals surface area (Å²) in [5.74, 6) is 7.53. The van der Waals surface area contributed by atoms with Crippen molar-refractivity contribution in [2.75, 3.05) is 18.1 Å². The average molecular weight is 222 g/mol. The molecule has 0 aliphatic rings. The molecule has 0 rings (SSSR count). The molecule has 3 nitrogen and oxygen atoms in total.